The molecule has 0 saturated carbocycles. The van der Waals surface area contributed by atoms with Crippen molar-refractivity contribution in [2.45, 2.75) is 19.9 Å². The number of nitrogens with zero attached hydrogens (tertiary/aromatic N) is 2. The predicted octanol–water partition coefficient (Wildman–Crippen LogP) is 5.59. The summed E-state index contributed by atoms with van der Waals surface area (Å²) in [5.74, 6) is 1.15. The fourth-order valence-corrected chi connectivity index (χ4v) is 3.32. The van der Waals surface area contributed by atoms with Gasteiger partial charge >= 0.3 is 0 Å². The Morgan fingerprint density at radius 2 is 1.86 bits per heavy atom. The van der Waals surface area contributed by atoms with Crippen LogP contribution >= 0.6 is 11.6 Å². The van der Waals surface area contributed by atoms with E-state index in [1.165, 1.54) is 0 Å². The van der Waals surface area contributed by atoms with E-state index in [0.717, 1.165) is 11.3 Å². The number of halogens is 1. The van der Waals surface area contributed by atoms with Gasteiger partial charge in [-0.15, -0.1) is 0 Å². The van der Waals surface area contributed by atoms with Crippen molar-refractivity contribution in [3.8, 4) is 17.1 Å². The Hall–Kier alpha value is -3.31. The van der Waals surface area contributed by atoms with Crippen molar-refractivity contribution in [3.05, 3.63) is 94.8 Å². The number of nitrogens with one attached hydrogen (secondary N) is 1. The molecule has 6 heteroatoms. The Morgan fingerprint density at radius 1 is 1.07 bits per heavy atom. The van der Waals surface area contributed by atoms with E-state index >= 15 is 0 Å². The third-order valence-electron chi connectivity index (χ3n) is 4.63. The van der Waals surface area contributed by atoms with Gasteiger partial charge < -0.3 is 9.73 Å². The highest BCUT2D eigenvalue weighted by molar-refractivity contribution is 6.30. The van der Waals surface area contributed by atoms with E-state index < -0.39 is 0 Å². The molecule has 0 aliphatic heterocycles. The summed E-state index contributed by atoms with van der Waals surface area (Å²) in [6.07, 6.45) is 0. The number of carbonyl (C=O) groups is 1. The van der Waals surface area contributed by atoms with Gasteiger partial charge in [0.25, 0.3) is 5.91 Å². The second-order valence-electron chi connectivity index (χ2n) is 6.82. The molecule has 0 unspecified atom stereocenters. The summed E-state index contributed by atoms with van der Waals surface area (Å²) in [6, 6.07) is 22.3. The van der Waals surface area contributed by atoms with Crippen LogP contribution in [0.4, 0.5) is 0 Å². The summed E-state index contributed by atoms with van der Waals surface area (Å²) in [5, 5.41) is 8.22. The van der Waals surface area contributed by atoms with Gasteiger partial charge in [-0.1, -0.05) is 48.0 Å². The summed E-state index contributed by atoms with van der Waals surface area (Å²) >= 11 is 6.16. The van der Waals surface area contributed by atoms with Crippen molar-refractivity contribution >= 4 is 17.5 Å². The number of aromatic nitrogens is 2. The number of carbonyl (C=O) groups excluding carboxylic acids is 1. The molecule has 2 aromatic heterocycles. The van der Waals surface area contributed by atoms with Crippen LogP contribution in [0.2, 0.25) is 5.02 Å². The average molecular weight is 406 g/mol. The van der Waals surface area contributed by atoms with Crippen molar-refractivity contribution in [1.29, 1.82) is 0 Å². The molecule has 0 saturated heterocycles. The molecule has 1 N–H and O–H groups in total. The third-order valence-corrected chi connectivity index (χ3v) is 4.87. The Kier molecular flexibility index (Phi) is 5.23. The Morgan fingerprint density at radius 3 is 2.55 bits per heavy atom. The van der Waals surface area contributed by atoms with Gasteiger partial charge in [-0.25, -0.2) is 4.68 Å². The van der Waals surface area contributed by atoms with Crippen LogP contribution in [-0.4, -0.2) is 15.7 Å². The zero-order valence-electron chi connectivity index (χ0n) is 16.1. The molecule has 0 aliphatic rings. The largest absolute Gasteiger partial charge is 0.460 e. The molecular weight excluding hydrogens is 386 g/mol. The van der Waals surface area contributed by atoms with Crippen LogP contribution in [0.15, 0.2) is 77.2 Å². The maximum Gasteiger partial charge on any atom is 0.270 e. The minimum absolute atomic E-state index is 0.152. The second kappa shape index (κ2) is 7.97. The van der Waals surface area contributed by atoms with Gasteiger partial charge in [0.15, 0.2) is 5.76 Å². The third kappa shape index (κ3) is 4.10. The lowest BCUT2D eigenvalue weighted by atomic mass is 10.1. The standard InChI is InChI=1S/C23H20ClN3O2/c1-15-11-12-22(29-15)20-14-21(27(26-20)19-10-6-9-18(24)13-19)23(28)25-16(2)17-7-4-3-5-8-17/h3-14,16H,1-2H3,(H,25,28)/t16-/m1/s1. The van der Waals surface area contributed by atoms with Crippen molar-refractivity contribution in [1.82, 2.24) is 15.1 Å². The van der Waals surface area contributed by atoms with Crippen LogP contribution in [-0.2, 0) is 0 Å². The van der Waals surface area contributed by atoms with Crippen molar-refractivity contribution in [2.24, 2.45) is 0 Å². The average Bonchev–Trinajstić information content (AvgIpc) is 3.35. The van der Waals surface area contributed by atoms with Crippen molar-refractivity contribution < 1.29 is 9.21 Å². The molecule has 0 fully saturated rings. The first-order valence-electron chi connectivity index (χ1n) is 9.30. The number of hydrogen-bond donors (Lipinski definition) is 1. The number of rotatable bonds is 5. The van der Waals surface area contributed by atoms with Crippen LogP contribution in [0, 0.1) is 6.92 Å². The molecule has 5 nitrogen and oxygen atoms in total. The minimum atomic E-state index is -0.233. The molecule has 0 radical (unpaired) electrons. The molecule has 2 aromatic carbocycles. The lowest BCUT2D eigenvalue weighted by Crippen LogP contribution is -2.28. The minimum Gasteiger partial charge on any atom is -0.460 e. The maximum atomic E-state index is 13.1. The highest BCUT2D eigenvalue weighted by Gasteiger charge is 2.21. The van der Waals surface area contributed by atoms with Gasteiger partial charge in [0.05, 0.1) is 11.7 Å². The van der Waals surface area contributed by atoms with Crippen LogP contribution in [0.5, 0.6) is 0 Å². The molecule has 0 aliphatic carbocycles. The van der Waals surface area contributed by atoms with Crippen LogP contribution in [0.1, 0.15) is 34.8 Å². The SMILES string of the molecule is Cc1ccc(-c2cc(C(=O)N[C@H](C)c3ccccc3)n(-c3cccc(Cl)c3)n2)o1. The molecule has 1 amide bonds. The van der Waals surface area contributed by atoms with Gasteiger partial charge in [0.1, 0.15) is 17.1 Å². The van der Waals surface area contributed by atoms with Gasteiger partial charge in [0, 0.05) is 11.1 Å². The van der Waals surface area contributed by atoms with Crippen LogP contribution < -0.4 is 5.32 Å². The second-order valence-corrected chi connectivity index (χ2v) is 7.26. The Balaban J connectivity index is 1.72. The van der Waals surface area contributed by atoms with E-state index in [-0.39, 0.29) is 11.9 Å². The van der Waals surface area contributed by atoms with Crippen LogP contribution in [0.25, 0.3) is 17.1 Å². The van der Waals surface area contributed by atoms with Gasteiger partial charge in [-0.2, -0.15) is 5.10 Å². The topological polar surface area (TPSA) is 60.1 Å². The fourth-order valence-electron chi connectivity index (χ4n) is 3.14. The number of furan rings is 1. The summed E-state index contributed by atoms with van der Waals surface area (Å²) < 4.78 is 7.28. The molecule has 2 heterocycles. The Bertz CT molecular complexity index is 1150. The van der Waals surface area contributed by atoms with Gasteiger partial charge in [-0.05, 0) is 49.7 Å². The molecule has 146 valence electrons. The zero-order chi connectivity index (χ0) is 20.4. The highest BCUT2D eigenvalue weighted by atomic mass is 35.5. The lowest BCUT2D eigenvalue weighted by molar-refractivity contribution is 0.0932. The summed E-state index contributed by atoms with van der Waals surface area (Å²) in [7, 11) is 0. The van der Waals surface area contributed by atoms with Crippen LogP contribution in [0.3, 0.4) is 0 Å². The maximum absolute atomic E-state index is 13.1. The monoisotopic (exact) mass is 405 g/mol. The van der Waals surface area contributed by atoms with Gasteiger partial charge in [-0.3, -0.25) is 4.79 Å². The molecule has 4 rings (SSSR count). The molecular formula is C23H20ClN3O2. The lowest BCUT2D eigenvalue weighted by Gasteiger charge is -2.15. The highest BCUT2D eigenvalue weighted by Crippen LogP contribution is 2.25. The van der Waals surface area contributed by atoms with E-state index in [4.69, 9.17) is 16.0 Å². The van der Waals surface area contributed by atoms with E-state index in [1.807, 2.05) is 68.4 Å². The van der Waals surface area contributed by atoms with Crippen molar-refractivity contribution in [3.63, 3.8) is 0 Å². The van der Waals surface area contributed by atoms with E-state index in [0.29, 0.717) is 27.9 Å². The Labute approximate surface area is 173 Å². The van der Waals surface area contributed by atoms with E-state index in [2.05, 4.69) is 10.4 Å². The number of aryl methyl sites for hydroxylation is 1. The molecule has 4 aromatic rings. The first-order chi connectivity index (χ1) is 14.0. The quantitative estimate of drug-likeness (QED) is 0.471. The van der Waals surface area contributed by atoms with Gasteiger partial charge in [0.2, 0.25) is 0 Å². The summed E-state index contributed by atoms with van der Waals surface area (Å²) in [6.45, 7) is 3.82. The first-order valence-corrected chi connectivity index (χ1v) is 9.67. The summed E-state index contributed by atoms with van der Waals surface area (Å²) in [5.41, 5.74) is 2.70. The number of benzene rings is 2. The molecule has 0 spiro atoms. The van der Waals surface area contributed by atoms with E-state index in [9.17, 15) is 4.79 Å². The normalized spacial score (nSPS) is 12.0. The molecule has 1 atom stereocenters. The van der Waals surface area contributed by atoms with E-state index in [1.54, 1.807) is 22.9 Å². The zero-order valence-corrected chi connectivity index (χ0v) is 16.9. The molecule has 29 heavy (non-hydrogen) atoms. The molecule has 0 bridgehead atoms. The number of amides is 1. The van der Waals surface area contributed by atoms with Crippen molar-refractivity contribution in [2.75, 3.05) is 0 Å². The fraction of sp³-hybridized carbons (Fsp3) is 0.130. The first kappa shape index (κ1) is 19.0. The smallest absolute Gasteiger partial charge is 0.270 e. The predicted molar refractivity (Wildman–Crippen MR) is 113 cm³/mol. The number of hydrogen-bond acceptors (Lipinski definition) is 3. The summed E-state index contributed by atoms with van der Waals surface area (Å²) in [4.78, 5) is 13.1.